The van der Waals surface area contributed by atoms with Gasteiger partial charge in [-0.05, 0) is 49.9 Å². The molecule has 0 aliphatic carbocycles. The number of hydrogen-bond acceptors (Lipinski definition) is 6. The van der Waals surface area contributed by atoms with Crippen LogP contribution in [-0.4, -0.2) is 48.8 Å². The highest BCUT2D eigenvalue weighted by Crippen LogP contribution is 2.22. The summed E-state index contributed by atoms with van der Waals surface area (Å²) in [6.07, 6.45) is 2.71. The number of nitrogens with zero attached hydrogens (tertiary/aromatic N) is 3. The number of amides is 1. The third kappa shape index (κ3) is 6.72. The number of anilines is 3. The molecule has 0 aliphatic rings. The smallest absolute Gasteiger partial charge is 0.330 e. The molecule has 9 heteroatoms. The first-order valence-electron chi connectivity index (χ1n) is 12.0. The number of aromatic amines is 1. The quantitative estimate of drug-likeness (QED) is 0.432. The molecule has 188 valence electrons. The van der Waals surface area contributed by atoms with Crippen molar-refractivity contribution in [2.75, 3.05) is 48.9 Å². The van der Waals surface area contributed by atoms with E-state index in [1.54, 1.807) is 19.2 Å². The lowest BCUT2D eigenvalue weighted by Crippen LogP contribution is -2.42. The summed E-state index contributed by atoms with van der Waals surface area (Å²) in [7, 11) is 1.58. The fourth-order valence-electron chi connectivity index (χ4n) is 3.86. The van der Waals surface area contributed by atoms with Crippen LogP contribution in [0.1, 0.15) is 57.3 Å². The Morgan fingerprint density at radius 3 is 2.35 bits per heavy atom. The average molecular weight is 474 g/mol. The fourth-order valence-corrected chi connectivity index (χ4v) is 3.86. The van der Waals surface area contributed by atoms with Gasteiger partial charge in [0, 0.05) is 51.1 Å². The minimum atomic E-state index is -0.679. The lowest BCUT2D eigenvalue weighted by Gasteiger charge is -2.26. The second-order valence-corrected chi connectivity index (χ2v) is 8.78. The van der Waals surface area contributed by atoms with Crippen LogP contribution in [0.5, 0.6) is 0 Å². The maximum atomic E-state index is 13.6. The molecule has 9 nitrogen and oxygen atoms in total. The summed E-state index contributed by atoms with van der Waals surface area (Å²) < 4.78 is 6.45. The molecule has 0 atom stereocenters. The molecule has 0 aliphatic heterocycles. The Morgan fingerprint density at radius 2 is 1.79 bits per heavy atom. The van der Waals surface area contributed by atoms with Gasteiger partial charge in [0.15, 0.2) is 5.69 Å². The van der Waals surface area contributed by atoms with Crippen molar-refractivity contribution in [3.8, 4) is 0 Å². The van der Waals surface area contributed by atoms with Crippen molar-refractivity contribution in [2.45, 2.75) is 53.5 Å². The van der Waals surface area contributed by atoms with Crippen LogP contribution in [0.4, 0.5) is 17.2 Å². The predicted molar refractivity (Wildman–Crippen MR) is 138 cm³/mol. The third-order valence-corrected chi connectivity index (χ3v) is 5.65. The minimum absolute atomic E-state index is 0.0106. The summed E-state index contributed by atoms with van der Waals surface area (Å²) in [5, 5.41) is 0. The molecule has 0 saturated heterocycles. The molecule has 0 radical (unpaired) electrons. The lowest BCUT2D eigenvalue weighted by atomic mass is 10.1. The van der Waals surface area contributed by atoms with Gasteiger partial charge in [0.05, 0.1) is 0 Å². The van der Waals surface area contributed by atoms with E-state index in [1.807, 2.05) is 26.0 Å². The molecule has 2 aromatic rings. The molecular weight excluding hydrogens is 434 g/mol. The zero-order valence-corrected chi connectivity index (χ0v) is 21.1. The number of unbranched alkanes of at least 4 members (excludes halogenated alkanes) is 1. The number of carbonyl (C=O) groups excluding carboxylic acids is 1. The van der Waals surface area contributed by atoms with E-state index in [2.05, 4.69) is 23.7 Å². The van der Waals surface area contributed by atoms with Crippen molar-refractivity contribution >= 4 is 23.1 Å². The Bertz CT molecular complexity index is 1040. The van der Waals surface area contributed by atoms with Gasteiger partial charge in [0.1, 0.15) is 5.82 Å². The Morgan fingerprint density at radius 1 is 1.12 bits per heavy atom. The number of nitrogens with two attached hydrogens (primary N) is 1. The second kappa shape index (κ2) is 13.0. The zero-order valence-electron chi connectivity index (χ0n) is 21.1. The molecule has 0 bridgehead atoms. The number of hydrogen-bond donors (Lipinski definition) is 2. The van der Waals surface area contributed by atoms with Crippen LogP contribution in [0, 0.1) is 5.92 Å². The molecule has 1 aromatic carbocycles. The molecule has 2 rings (SSSR count). The van der Waals surface area contributed by atoms with Crippen molar-refractivity contribution < 1.29 is 9.53 Å². The number of nitrogen functional groups attached to an aromatic ring is 1. The molecule has 1 heterocycles. The van der Waals surface area contributed by atoms with Crippen molar-refractivity contribution in [3.05, 3.63) is 50.7 Å². The van der Waals surface area contributed by atoms with Crippen LogP contribution < -0.4 is 26.8 Å². The molecule has 0 unspecified atom stereocenters. The Kier molecular flexibility index (Phi) is 10.4. The summed E-state index contributed by atoms with van der Waals surface area (Å²) in [6, 6.07) is 7.38. The van der Waals surface area contributed by atoms with Gasteiger partial charge < -0.3 is 20.3 Å². The summed E-state index contributed by atoms with van der Waals surface area (Å²) >= 11 is 0. The molecule has 0 spiro atoms. The van der Waals surface area contributed by atoms with E-state index in [9.17, 15) is 14.4 Å². The summed E-state index contributed by atoms with van der Waals surface area (Å²) in [5.41, 5.74) is 6.50. The monoisotopic (exact) mass is 473 g/mol. The average Bonchev–Trinajstić information content (AvgIpc) is 2.81. The number of carbonyl (C=O) groups is 1. The van der Waals surface area contributed by atoms with Gasteiger partial charge in [0.25, 0.3) is 11.5 Å². The van der Waals surface area contributed by atoms with Crippen LogP contribution >= 0.6 is 0 Å². The summed E-state index contributed by atoms with van der Waals surface area (Å²) in [4.78, 5) is 44.7. The normalized spacial score (nSPS) is 11.1. The predicted octanol–water partition coefficient (Wildman–Crippen LogP) is 3.08. The van der Waals surface area contributed by atoms with Gasteiger partial charge in [0.2, 0.25) is 0 Å². The topological polar surface area (TPSA) is 114 Å². The first kappa shape index (κ1) is 27.2. The Balaban J connectivity index is 2.47. The van der Waals surface area contributed by atoms with E-state index in [1.165, 1.54) is 9.47 Å². The highest BCUT2D eigenvalue weighted by atomic mass is 16.5. The molecule has 0 fully saturated rings. The number of aromatic nitrogens is 2. The van der Waals surface area contributed by atoms with Gasteiger partial charge in [-0.25, -0.2) is 4.79 Å². The van der Waals surface area contributed by atoms with Crippen molar-refractivity contribution in [1.82, 2.24) is 9.55 Å². The van der Waals surface area contributed by atoms with Crippen LogP contribution in [0.15, 0.2) is 33.9 Å². The first-order valence-corrected chi connectivity index (χ1v) is 12.0. The summed E-state index contributed by atoms with van der Waals surface area (Å²) in [6.45, 7) is 10.9. The van der Waals surface area contributed by atoms with Gasteiger partial charge in [-0.2, -0.15) is 0 Å². The Hall–Kier alpha value is -3.07. The Labute approximate surface area is 201 Å². The molecule has 1 amide bonds. The third-order valence-electron chi connectivity index (χ3n) is 5.65. The number of rotatable bonds is 13. The van der Waals surface area contributed by atoms with Crippen molar-refractivity contribution in [2.24, 2.45) is 5.92 Å². The minimum Gasteiger partial charge on any atom is -0.385 e. The maximum Gasteiger partial charge on any atom is 0.330 e. The molecular formula is C25H39N5O4. The number of benzene rings is 1. The largest absolute Gasteiger partial charge is 0.385 e. The first-order chi connectivity index (χ1) is 16.2. The molecule has 0 saturated carbocycles. The SMILES string of the molecule is CCCCN(CC)c1ccc(C(=O)N(CCCOC)c2c(N)n(CC(C)C)c(=O)[nH]c2=O)cc1. The van der Waals surface area contributed by atoms with Crippen LogP contribution in [0.2, 0.25) is 0 Å². The van der Waals surface area contributed by atoms with Gasteiger partial charge in [-0.1, -0.05) is 27.2 Å². The van der Waals surface area contributed by atoms with Crippen LogP contribution in [0.3, 0.4) is 0 Å². The van der Waals surface area contributed by atoms with Gasteiger partial charge in [-0.15, -0.1) is 0 Å². The van der Waals surface area contributed by atoms with E-state index in [-0.39, 0.29) is 29.9 Å². The summed E-state index contributed by atoms with van der Waals surface area (Å²) in [5.74, 6) is -0.245. The molecule has 1 aromatic heterocycles. The van der Waals surface area contributed by atoms with E-state index < -0.39 is 11.2 Å². The van der Waals surface area contributed by atoms with E-state index in [4.69, 9.17) is 10.5 Å². The van der Waals surface area contributed by atoms with Gasteiger partial charge >= 0.3 is 5.69 Å². The van der Waals surface area contributed by atoms with Gasteiger partial charge in [-0.3, -0.25) is 19.1 Å². The standard InChI is InChI=1S/C25H39N5O4/c1-6-8-14-28(7-2)20-12-10-19(11-13-20)24(32)29(15-9-16-34-5)21-22(26)30(17-18(3)4)25(33)27-23(21)31/h10-13,18H,6-9,14-17,26H2,1-5H3,(H,27,31,33). The molecule has 3 N–H and O–H groups in total. The highest BCUT2D eigenvalue weighted by molar-refractivity contribution is 6.07. The number of methoxy groups -OCH3 is 1. The zero-order chi connectivity index (χ0) is 25.3. The van der Waals surface area contributed by atoms with E-state index in [0.717, 1.165) is 31.6 Å². The van der Waals surface area contributed by atoms with Crippen LogP contribution in [0.25, 0.3) is 0 Å². The fraction of sp³-hybridized carbons (Fsp3) is 0.560. The van der Waals surface area contributed by atoms with E-state index in [0.29, 0.717) is 25.1 Å². The second-order valence-electron chi connectivity index (χ2n) is 8.78. The lowest BCUT2D eigenvalue weighted by molar-refractivity contribution is 0.0983. The maximum absolute atomic E-state index is 13.6. The highest BCUT2D eigenvalue weighted by Gasteiger charge is 2.25. The number of ether oxygens (including phenoxy) is 1. The number of H-pyrrole nitrogens is 1. The molecule has 34 heavy (non-hydrogen) atoms. The van der Waals surface area contributed by atoms with Crippen molar-refractivity contribution in [3.63, 3.8) is 0 Å². The van der Waals surface area contributed by atoms with Crippen LogP contribution in [-0.2, 0) is 11.3 Å². The van der Waals surface area contributed by atoms with Crippen molar-refractivity contribution in [1.29, 1.82) is 0 Å². The number of nitrogens with one attached hydrogen (secondary N) is 1. The van der Waals surface area contributed by atoms with E-state index >= 15 is 0 Å².